The second-order valence-electron chi connectivity index (χ2n) is 4.67. The number of nitrogens with zero attached hydrogens (tertiary/aromatic N) is 2. The highest BCUT2D eigenvalue weighted by atomic mass is 35.5. The van der Waals surface area contributed by atoms with Crippen LogP contribution in [0.15, 0.2) is 36.7 Å². The Balaban J connectivity index is 2.15. The van der Waals surface area contributed by atoms with E-state index in [1.54, 1.807) is 0 Å². The molecule has 102 valence electrons. The molecule has 4 heteroatoms. The van der Waals surface area contributed by atoms with Gasteiger partial charge in [-0.25, -0.2) is 4.98 Å². The first-order valence-electron chi connectivity index (χ1n) is 6.74. The predicted octanol–water partition coefficient (Wildman–Crippen LogP) is 4.36. The van der Waals surface area contributed by atoms with E-state index >= 15 is 0 Å². The van der Waals surface area contributed by atoms with Crippen LogP contribution in [0.25, 0.3) is 0 Å². The lowest BCUT2D eigenvalue weighted by Crippen LogP contribution is -2.12. The molecule has 1 heterocycles. The largest absolute Gasteiger partial charge is 0.356 e. The zero-order chi connectivity index (χ0) is 13.7. The number of aromatic nitrogens is 2. The van der Waals surface area contributed by atoms with E-state index in [0.717, 1.165) is 23.9 Å². The summed E-state index contributed by atoms with van der Waals surface area (Å²) < 4.78 is 2.14. The van der Waals surface area contributed by atoms with Gasteiger partial charge in [0, 0.05) is 24.0 Å². The fourth-order valence-electron chi connectivity index (χ4n) is 2.07. The zero-order valence-corrected chi connectivity index (χ0v) is 12.2. The Labute approximate surface area is 119 Å². The standard InChI is InChI=1S/C15H20ClN3/c1-3-4-8-17-15-18-9-10-19(15)12(2)13-6-5-7-14(16)11-13/h5-7,9-12H,3-4,8H2,1-2H3,(H,17,18). The summed E-state index contributed by atoms with van der Waals surface area (Å²) in [6.07, 6.45) is 6.16. The number of anilines is 1. The van der Waals surface area contributed by atoms with Crippen molar-refractivity contribution < 1.29 is 0 Å². The molecule has 1 aromatic carbocycles. The molecule has 1 aromatic heterocycles. The molecular formula is C15H20ClN3. The topological polar surface area (TPSA) is 29.9 Å². The Morgan fingerprint density at radius 3 is 3.00 bits per heavy atom. The molecule has 0 radical (unpaired) electrons. The van der Waals surface area contributed by atoms with Gasteiger partial charge in [-0.2, -0.15) is 0 Å². The van der Waals surface area contributed by atoms with Crippen LogP contribution in [-0.2, 0) is 0 Å². The summed E-state index contributed by atoms with van der Waals surface area (Å²) >= 11 is 6.05. The number of hydrogen-bond acceptors (Lipinski definition) is 2. The third-order valence-electron chi connectivity index (χ3n) is 3.23. The summed E-state index contributed by atoms with van der Waals surface area (Å²) in [6, 6.07) is 8.18. The van der Waals surface area contributed by atoms with Crippen molar-refractivity contribution in [2.24, 2.45) is 0 Å². The van der Waals surface area contributed by atoms with E-state index in [1.807, 2.05) is 30.6 Å². The molecule has 2 rings (SSSR count). The van der Waals surface area contributed by atoms with Gasteiger partial charge in [-0.1, -0.05) is 37.1 Å². The Bertz CT molecular complexity index is 522. The smallest absolute Gasteiger partial charge is 0.203 e. The average molecular weight is 278 g/mol. The van der Waals surface area contributed by atoms with Gasteiger partial charge in [-0.05, 0) is 31.0 Å². The first kappa shape index (κ1) is 13.9. The predicted molar refractivity (Wildman–Crippen MR) is 80.9 cm³/mol. The highest BCUT2D eigenvalue weighted by Gasteiger charge is 2.11. The second-order valence-corrected chi connectivity index (χ2v) is 5.11. The minimum atomic E-state index is 0.213. The Morgan fingerprint density at radius 2 is 2.26 bits per heavy atom. The normalized spacial score (nSPS) is 12.4. The number of nitrogens with one attached hydrogen (secondary N) is 1. The molecular weight excluding hydrogens is 258 g/mol. The van der Waals surface area contributed by atoms with E-state index in [-0.39, 0.29) is 6.04 Å². The molecule has 0 aliphatic carbocycles. The van der Waals surface area contributed by atoms with Crippen molar-refractivity contribution in [3.8, 4) is 0 Å². The van der Waals surface area contributed by atoms with Crippen LogP contribution in [0.2, 0.25) is 5.02 Å². The SMILES string of the molecule is CCCCNc1nccn1C(C)c1cccc(Cl)c1. The van der Waals surface area contributed by atoms with E-state index in [2.05, 4.69) is 34.8 Å². The molecule has 0 saturated carbocycles. The van der Waals surface area contributed by atoms with Crippen molar-refractivity contribution in [2.45, 2.75) is 32.7 Å². The van der Waals surface area contributed by atoms with Crippen LogP contribution in [0.3, 0.4) is 0 Å². The van der Waals surface area contributed by atoms with Crippen molar-refractivity contribution in [1.82, 2.24) is 9.55 Å². The number of rotatable bonds is 6. The van der Waals surface area contributed by atoms with E-state index in [0.29, 0.717) is 0 Å². The van der Waals surface area contributed by atoms with Crippen molar-refractivity contribution in [1.29, 1.82) is 0 Å². The molecule has 0 fully saturated rings. The van der Waals surface area contributed by atoms with Crippen LogP contribution in [0.4, 0.5) is 5.95 Å². The molecule has 19 heavy (non-hydrogen) atoms. The first-order valence-corrected chi connectivity index (χ1v) is 7.12. The zero-order valence-electron chi connectivity index (χ0n) is 11.4. The molecule has 0 bridgehead atoms. The van der Waals surface area contributed by atoms with Crippen molar-refractivity contribution in [2.75, 3.05) is 11.9 Å². The number of halogens is 1. The van der Waals surface area contributed by atoms with Crippen LogP contribution in [0.1, 0.15) is 38.3 Å². The molecule has 0 spiro atoms. The van der Waals surface area contributed by atoms with Crippen molar-refractivity contribution >= 4 is 17.5 Å². The number of hydrogen-bond donors (Lipinski definition) is 1. The maximum atomic E-state index is 6.05. The summed E-state index contributed by atoms with van der Waals surface area (Å²) in [7, 11) is 0. The molecule has 0 aliphatic heterocycles. The molecule has 0 amide bonds. The van der Waals surface area contributed by atoms with Gasteiger partial charge in [0.2, 0.25) is 5.95 Å². The fourth-order valence-corrected chi connectivity index (χ4v) is 2.27. The second kappa shape index (κ2) is 6.62. The lowest BCUT2D eigenvalue weighted by molar-refractivity contribution is 0.641. The summed E-state index contributed by atoms with van der Waals surface area (Å²) in [5.74, 6) is 0.918. The molecule has 3 nitrogen and oxygen atoms in total. The van der Waals surface area contributed by atoms with E-state index in [9.17, 15) is 0 Å². The molecule has 1 N–H and O–H groups in total. The molecule has 1 unspecified atom stereocenters. The lowest BCUT2D eigenvalue weighted by atomic mass is 10.1. The van der Waals surface area contributed by atoms with Crippen molar-refractivity contribution in [3.05, 3.63) is 47.2 Å². The van der Waals surface area contributed by atoms with Gasteiger partial charge < -0.3 is 9.88 Å². The van der Waals surface area contributed by atoms with Gasteiger partial charge >= 0.3 is 0 Å². The third-order valence-corrected chi connectivity index (χ3v) is 3.47. The Morgan fingerprint density at radius 1 is 1.42 bits per heavy atom. The molecule has 1 atom stereocenters. The minimum Gasteiger partial charge on any atom is -0.356 e. The van der Waals surface area contributed by atoms with Crippen LogP contribution in [-0.4, -0.2) is 16.1 Å². The van der Waals surface area contributed by atoms with Gasteiger partial charge in [0.15, 0.2) is 0 Å². The lowest BCUT2D eigenvalue weighted by Gasteiger charge is -2.17. The van der Waals surface area contributed by atoms with E-state index < -0.39 is 0 Å². The first-order chi connectivity index (χ1) is 9.22. The number of unbranched alkanes of at least 4 members (excludes halogenated alkanes) is 1. The number of benzene rings is 1. The minimum absolute atomic E-state index is 0.213. The van der Waals surface area contributed by atoms with Gasteiger partial charge in [0.05, 0.1) is 6.04 Å². The fraction of sp³-hybridized carbons (Fsp3) is 0.400. The monoisotopic (exact) mass is 277 g/mol. The van der Waals surface area contributed by atoms with Gasteiger partial charge in [0.25, 0.3) is 0 Å². The van der Waals surface area contributed by atoms with Gasteiger partial charge in [-0.3, -0.25) is 0 Å². The highest BCUT2D eigenvalue weighted by molar-refractivity contribution is 6.30. The van der Waals surface area contributed by atoms with Crippen LogP contribution >= 0.6 is 11.6 Å². The molecule has 0 saturated heterocycles. The summed E-state index contributed by atoms with van der Waals surface area (Å²) in [5.41, 5.74) is 1.18. The Hall–Kier alpha value is -1.48. The summed E-state index contributed by atoms with van der Waals surface area (Å²) in [6.45, 7) is 5.29. The summed E-state index contributed by atoms with van der Waals surface area (Å²) in [4.78, 5) is 4.38. The maximum Gasteiger partial charge on any atom is 0.203 e. The molecule has 0 aliphatic rings. The van der Waals surface area contributed by atoms with Gasteiger partial charge in [-0.15, -0.1) is 0 Å². The van der Waals surface area contributed by atoms with Crippen LogP contribution in [0.5, 0.6) is 0 Å². The molecule has 2 aromatic rings. The van der Waals surface area contributed by atoms with E-state index in [4.69, 9.17) is 11.6 Å². The maximum absolute atomic E-state index is 6.05. The Kier molecular flexibility index (Phi) is 4.86. The van der Waals surface area contributed by atoms with Crippen LogP contribution in [0, 0.1) is 0 Å². The van der Waals surface area contributed by atoms with Crippen LogP contribution < -0.4 is 5.32 Å². The van der Waals surface area contributed by atoms with Gasteiger partial charge in [0.1, 0.15) is 0 Å². The average Bonchev–Trinajstić information content (AvgIpc) is 2.86. The third kappa shape index (κ3) is 3.51. The van der Waals surface area contributed by atoms with E-state index in [1.165, 1.54) is 12.0 Å². The summed E-state index contributed by atoms with van der Waals surface area (Å²) in [5, 5.41) is 4.15. The quantitative estimate of drug-likeness (QED) is 0.795. The van der Waals surface area contributed by atoms with Crippen molar-refractivity contribution in [3.63, 3.8) is 0 Å². The highest BCUT2D eigenvalue weighted by Crippen LogP contribution is 2.23. The number of imidazole rings is 1.